The maximum atomic E-state index is 13.1. The Kier molecular flexibility index (Phi) is 4.45. The number of amidine groups is 1. The van der Waals surface area contributed by atoms with Gasteiger partial charge in [-0.05, 0) is 60.8 Å². The van der Waals surface area contributed by atoms with E-state index in [1.807, 2.05) is 66.9 Å². The van der Waals surface area contributed by atoms with Crippen LogP contribution >= 0.6 is 22.9 Å². The normalized spacial score (nSPS) is 15.6. The second-order valence-corrected chi connectivity index (χ2v) is 7.38. The zero-order chi connectivity index (χ0) is 18.1. The second kappa shape index (κ2) is 6.90. The molecule has 1 aliphatic heterocycles. The van der Waals surface area contributed by atoms with E-state index in [0.29, 0.717) is 16.6 Å². The van der Waals surface area contributed by atoms with Crippen molar-refractivity contribution in [3.05, 3.63) is 92.8 Å². The van der Waals surface area contributed by atoms with Gasteiger partial charge >= 0.3 is 0 Å². The Morgan fingerprint density at radius 1 is 1.04 bits per heavy atom. The molecule has 0 saturated heterocycles. The summed E-state index contributed by atoms with van der Waals surface area (Å²) >= 11 is 7.59. The molecule has 2 heterocycles. The molecule has 0 saturated carbocycles. The Balaban J connectivity index is 1.82. The van der Waals surface area contributed by atoms with E-state index in [9.17, 15) is 4.79 Å². The predicted octanol–water partition coefficient (Wildman–Crippen LogP) is 5.54. The number of halogens is 1. The lowest BCUT2D eigenvalue weighted by Crippen LogP contribution is -2.32. The topological polar surface area (TPSA) is 32.7 Å². The number of benzene rings is 2. The third-order valence-corrected chi connectivity index (χ3v) is 5.15. The number of thiophene rings is 1. The average molecular weight is 379 g/mol. The van der Waals surface area contributed by atoms with E-state index in [2.05, 4.69) is 4.99 Å². The second-order valence-electron chi connectivity index (χ2n) is 5.96. The van der Waals surface area contributed by atoms with Crippen molar-refractivity contribution in [1.29, 1.82) is 0 Å². The zero-order valence-electron chi connectivity index (χ0n) is 14.0. The summed E-state index contributed by atoms with van der Waals surface area (Å²) in [7, 11) is 0. The van der Waals surface area contributed by atoms with Gasteiger partial charge in [0, 0.05) is 15.5 Å². The lowest BCUT2D eigenvalue weighted by Gasteiger charge is -2.18. The molecule has 3 nitrogen and oxygen atoms in total. The number of anilines is 1. The summed E-state index contributed by atoms with van der Waals surface area (Å²) in [6, 6.07) is 19.1. The number of hydrogen-bond acceptors (Lipinski definition) is 3. The fraction of sp³-hybridized carbons (Fsp3) is 0.0476. The van der Waals surface area contributed by atoms with E-state index in [0.717, 1.165) is 21.7 Å². The molecule has 5 heteroatoms. The maximum absolute atomic E-state index is 13.1. The summed E-state index contributed by atoms with van der Waals surface area (Å²) in [5.74, 6) is 0.477. The minimum atomic E-state index is -0.132. The number of aliphatic imine (C=N–C) groups is 1. The molecular formula is C21H15ClN2OS. The molecule has 0 N–H and O–H groups in total. The van der Waals surface area contributed by atoms with Crippen LogP contribution in [0.2, 0.25) is 5.02 Å². The molecule has 3 aromatic rings. The van der Waals surface area contributed by atoms with Crippen LogP contribution in [-0.4, -0.2) is 11.7 Å². The smallest absolute Gasteiger partial charge is 0.266 e. The number of hydrogen-bond donors (Lipinski definition) is 0. The van der Waals surface area contributed by atoms with E-state index in [-0.39, 0.29) is 5.91 Å². The van der Waals surface area contributed by atoms with Crippen LogP contribution in [0.4, 0.5) is 5.69 Å². The Morgan fingerprint density at radius 3 is 2.42 bits per heavy atom. The molecule has 0 atom stereocenters. The summed E-state index contributed by atoms with van der Waals surface area (Å²) in [6.07, 6.45) is 1.83. The number of aryl methyl sites for hydroxylation is 1. The van der Waals surface area contributed by atoms with E-state index >= 15 is 0 Å². The Hall–Kier alpha value is -2.69. The third-order valence-electron chi connectivity index (χ3n) is 4.08. The van der Waals surface area contributed by atoms with Crippen molar-refractivity contribution in [3.8, 4) is 0 Å². The highest BCUT2D eigenvalue weighted by Gasteiger charge is 2.32. The van der Waals surface area contributed by atoms with E-state index < -0.39 is 0 Å². The Morgan fingerprint density at radius 2 is 1.77 bits per heavy atom. The molecular weight excluding hydrogens is 364 g/mol. The van der Waals surface area contributed by atoms with Crippen molar-refractivity contribution >= 4 is 46.4 Å². The van der Waals surface area contributed by atoms with Crippen molar-refractivity contribution in [1.82, 2.24) is 0 Å². The van der Waals surface area contributed by atoms with Gasteiger partial charge in [0.2, 0.25) is 0 Å². The minimum absolute atomic E-state index is 0.132. The van der Waals surface area contributed by atoms with Crippen LogP contribution in [-0.2, 0) is 4.79 Å². The van der Waals surface area contributed by atoms with Gasteiger partial charge in [-0.25, -0.2) is 4.99 Å². The van der Waals surface area contributed by atoms with Crippen molar-refractivity contribution in [2.75, 3.05) is 4.90 Å². The van der Waals surface area contributed by atoms with Crippen LogP contribution in [0.3, 0.4) is 0 Å². The number of nitrogens with zero attached hydrogens (tertiary/aromatic N) is 2. The highest BCUT2D eigenvalue weighted by Crippen LogP contribution is 2.29. The van der Waals surface area contributed by atoms with Crippen LogP contribution in [0.5, 0.6) is 0 Å². The first-order valence-corrected chi connectivity index (χ1v) is 9.38. The summed E-state index contributed by atoms with van der Waals surface area (Å²) in [5, 5.41) is 2.63. The number of carbonyl (C=O) groups excluding carboxylic acids is 1. The van der Waals surface area contributed by atoms with Gasteiger partial charge < -0.3 is 0 Å². The molecule has 1 aliphatic rings. The first kappa shape index (κ1) is 16.8. The molecule has 2 aromatic carbocycles. The fourth-order valence-corrected chi connectivity index (χ4v) is 3.53. The summed E-state index contributed by atoms with van der Waals surface area (Å²) in [5.41, 5.74) is 3.21. The molecule has 0 unspecified atom stereocenters. The third kappa shape index (κ3) is 3.21. The number of amides is 1. The Bertz CT molecular complexity index is 1000. The van der Waals surface area contributed by atoms with E-state index in [1.165, 1.54) is 0 Å². The monoisotopic (exact) mass is 378 g/mol. The van der Waals surface area contributed by atoms with Crippen molar-refractivity contribution in [2.45, 2.75) is 6.92 Å². The van der Waals surface area contributed by atoms with Crippen molar-refractivity contribution in [2.24, 2.45) is 4.99 Å². The quantitative estimate of drug-likeness (QED) is 0.550. The lowest BCUT2D eigenvalue weighted by molar-refractivity contribution is -0.113. The average Bonchev–Trinajstić information content (AvgIpc) is 3.26. The highest BCUT2D eigenvalue weighted by molar-refractivity contribution is 7.10. The summed E-state index contributed by atoms with van der Waals surface area (Å²) in [4.78, 5) is 20.4. The molecule has 1 aromatic heterocycles. The molecule has 0 bridgehead atoms. The number of carbonyl (C=O) groups is 1. The van der Waals surface area contributed by atoms with Gasteiger partial charge in [-0.15, -0.1) is 11.3 Å². The van der Waals surface area contributed by atoms with Gasteiger partial charge in [-0.3, -0.25) is 9.69 Å². The van der Waals surface area contributed by atoms with Crippen LogP contribution in [0.25, 0.3) is 6.08 Å². The van der Waals surface area contributed by atoms with Gasteiger partial charge in [-0.1, -0.05) is 35.4 Å². The van der Waals surface area contributed by atoms with Crippen LogP contribution in [0, 0.1) is 6.92 Å². The molecule has 4 rings (SSSR count). The summed E-state index contributed by atoms with van der Waals surface area (Å²) in [6.45, 7) is 2.02. The largest absolute Gasteiger partial charge is 0.282 e. The summed E-state index contributed by atoms with van der Waals surface area (Å²) < 4.78 is 0. The first-order chi connectivity index (χ1) is 12.6. The molecule has 0 spiro atoms. The highest BCUT2D eigenvalue weighted by atomic mass is 35.5. The standard InChI is InChI=1S/C21H15ClN2OS/c1-14-4-10-17(11-5-14)24-20(15-6-8-16(22)9-7-15)23-19(21(24)25)13-18-3-2-12-26-18/h2-13H,1H3/b19-13+. The van der Waals surface area contributed by atoms with Crippen LogP contribution in [0.15, 0.2) is 76.7 Å². The lowest BCUT2D eigenvalue weighted by atomic mass is 10.1. The first-order valence-electron chi connectivity index (χ1n) is 8.13. The predicted molar refractivity (Wildman–Crippen MR) is 109 cm³/mol. The molecule has 0 radical (unpaired) electrons. The molecule has 1 amide bonds. The zero-order valence-corrected chi connectivity index (χ0v) is 15.6. The van der Waals surface area contributed by atoms with Crippen molar-refractivity contribution in [3.63, 3.8) is 0 Å². The van der Waals surface area contributed by atoms with Gasteiger partial charge in [0.25, 0.3) is 5.91 Å². The number of rotatable bonds is 3. The van der Waals surface area contributed by atoms with E-state index in [4.69, 9.17) is 11.6 Å². The van der Waals surface area contributed by atoms with Gasteiger partial charge in [-0.2, -0.15) is 0 Å². The van der Waals surface area contributed by atoms with Crippen LogP contribution < -0.4 is 4.90 Å². The molecule has 26 heavy (non-hydrogen) atoms. The minimum Gasteiger partial charge on any atom is -0.266 e. The van der Waals surface area contributed by atoms with E-state index in [1.54, 1.807) is 28.4 Å². The maximum Gasteiger partial charge on any atom is 0.282 e. The molecule has 0 aliphatic carbocycles. The molecule has 128 valence electrons. The van der Waals surface area contributed by atoms with Gasteiger partial charge in [0.1, 0.15) is 11.5 Å². The van der Waals surface area contributed by atoms with Crippen LogP contribution in [0.1, 0.15) is 16.0 Å². The van der Waals surface area contributed by atoms with Crippen molar-refractivity contribution < 1.29 is 4.79 Å². The SMILES string of the molecule is Cc1ccc(N2C(=O)/C(=C\c3cccs3)N=C2c2ccc(Cl)cc2)cc1. The van der Waals surface area contributed by atoms with Gasteiger partial charge in [0.05, 0.1) is 5.69 Å². The Labute approximate surface area is 160 Å². The fourth-order valence-electron chi connectivity index (χ4n) is 2.75. The van der Waals surface area contributed by atoms with Gasteiger partial charge in [0.15, 0.2) is 0 Å². The molecule has 0 fully saturated rings.